The van der Waals surface area contributed by atoms with Crippen molar-refractivity contribution in [1.82, 2.24) is 9.62 Å². The molecule has 1 fully saturated rings. The molecule has 1 aromatic carbocycles. The molecule has 1 N–H and O–H groups in total. The summed E-state index contributed by atoms with van der Waals surface area (Å²) in [7, 11) is -2.00. The molecule has 7 heteroatoms. The summed E-state index contributed by atoms with van der Waals surface area (Å²) in [4.78, 5) is -0.219. The minimum Gasteiger partial charge on any atom is -0.316 e. The van der Waals surface area contributed by atoms with Crippen LogP contribution in [0.5, 0.6) is 0 Å². The van der Waals surface area contributed by atoms with Crippen molar-refractivity contribution >= 4 is 21.8 Å². The number of hydrogen-bond donors (Lipinski definition) is 1. The number of nitrogens with zero attached hydrogens (tertiary/aromatic N) is 1. The van der Waals surface area contributed by atoms with Crippen molar-refractivity contribution in [2.45, 2.75) is 24.4 Å². The van der Waals surface area contributed by atoms with Gasteiger partial charge in [-0.2, -0.15) is 16.1 Å². The van der Waals surface area contributed by atoms with Crippen LogP contribution >= 0.6 is 11.8 Å². The average Bonchev–Trinajstić information content (AvgIpc) is 2.41. The lowest BCUT2D eigenvalue weighted by atomic mass is 10.2. The highest BCUT2D eigenvalue weighted by atomic mass is 32.2. The number of sulfonamides is 1. The Morgan fingerprint density at radius 3 is 2.90 bits per heavy atom. The van der Waals surface area contributed by atoms with Crippen LogP contribution in [0.15, 0.2) is 23.1 Å². The highest BCUT2D eigenvalue weighted by Gasteiger charge is 2.33. The highest BCUT2D eigenvalue weighted by molar-refractivity contribution is 7.99. The molecule has 0 bridgehead atoms. The van der Waals surface area contributed by atoms with Crippen LogP contribution in [0.25, 0.3) is 0 Å². The molecule has 1 aliphatic rings. The largest absolute Gasteiger partial charge is 0.316 e. The Morgan fingerprint density at radius 1 is 1.50 bits per heavy atom. The van der Waals surface area contributed by atoms with Crippen LogP contribution in [0.2, 0.25) is 0 Å². The third-order valence-corrected chi connectivity index (χ3v) is 6.49. The van der Waals surface area contributed by atoms with Gasteiger partial charge in [0.25, 0.3) is 0 Å². The van der Waals surface area contributed by atoms with Crippen molar-refractivity contribution < 1.29 is 12.8 Å². The van der Waals surface area contributed by atoms with Gasteiger partial charge in [0.1, 0.15) is 10.7 Å². The molecule has 1 saturated heterocycles. The lowest BCUT2D eigenvalue weighted by Crippen LogP contribution is -2.44. The molecule has 1 unspecified atom stereocenters. The Balaban J connectivity index is 2.40. The summed E-state index contributed by atoms with van der Waals surface area (Å²) in [6.07, 6.45) is 0. The molecule has 0 aromatic heterocycles. The van der Waals surface area contributed by atoms with E-state index < -0.39 is 15.8 Å². The molecule has 0 aliphatic carbocycles. The molecule has 1 heterocycles. The fourth-order valence-corrected chi connectivity index (χ4v) is 5.23. The summed E-state index contributed by atoms with van der Waals surface area (Å²) in [5.41, 5.74) is 0.756. The van der Waals surface area contributed by atoms with Crippen LogP contribution in [0.3, 0.4) is 0 Å². The van der Waals surface area contributed by atoms with E-state index >= 15 is 0 Å². The van der Waals surface area contributed by atoms with Crippen LogP contribution in [0.4, 0.5) is 4.39 Å². The molecule has 4 nitrogen and oxygen atoms in total. The normalized spacial score (nSPS) is 21.1. The van der Waals surface area contributed by atoms with Crippen molar-refractivity contribution in [3.63, 3.8) is 0 Å². The molecule has 2 rings (SSSR count). The Kier molecular flexibility index (Phi) is 5.06. The zero-order valence-electron chi connectivity index (χ0n) is 11.6. The third-order valence-electron chi connectivity index (χ3n) is 3.27. The number of thioether (sulfide) groups is 1. The smallest absolute Gasteiger partial charge is 0.246 e. The number of hydrogen-bond acceptors (Lipinski definition) is 4. The van der Waals surface area contributed by atoms with Gasteiger partial charge in [0.15, 0.2) is 0 Å². The van der Waals surface area contributed by atoms with Crippen LogP contribution in [-0.4, -0.2) is 43.9 Å². The van der Waals surface area contributed by atoms with Gasteiger partial charge in [0.2, 0.25) is 10.0 Å². The first-order valence-corrected chi connectivity index (χ1v) is 9.09. The van der Waals surface area contributed by atoms with Gasteiger partial charge in [0, 0.05) is 30.6 Å². The van der Waals surface area contributed by atoms with E-state index in [2.05, 4.69) is 5.32 Å². The third kappa shape index (κ3) is 3.16. The van der Waals surface area contributed by atoms with Crippen LogP contribution in [-0.2, 0) is 16.6 Å². The predicted molar refractivity (Wildman–Crippen MR) is 79.8 cm³/mol. The maximum Gasteiger partial charge on any atom is 0.246 e. The molecule has 1 aromatic rings. The maximum atomic E-state index is 14.0. The Morgan fingerprint density at radius 2 is 2.25 bits per heavy atom. The van der Waals surface area contributed by atoms with Crippen LogP contribution < -0.4 is 5.32 Å². The molecule has 0 amide bonds. The van der Waals surface area contributed by atoms with Gasteiger partial charge < -0.3 is 5.32 Å². The SMILES string of the molecule is CNCc1ccc(F)c(S(=O)(=O)N2CCSCC2C)c1. The highest BCUT2D eigenvalue weighted by Crippen LogP contribution is 2.26. The minimum atomic E-state index is -3.77. The van der Waals surface area contributed by atoms with Crippen molar-refractivity contribution in [3.8, 4) is 0 Å². The summed E-state index contributed by atoms with van der Waals surface area (Å²) in [6.45, 7) is 2.80. The number of rotatable bonds is 4. The van der Waals surface area contributed by atoms with Crippen molar-refractivity contribution in [2.75, 3.05) is 25.1 Å². The molecule has 20 heavy (non-hydrogen) atoms. The van der Waals surface area contributed by atoms with Gasteiger partial charge >= 0.3 is 0 Å². The van der Waals surface area contributed by atoms with Crippen molar-refractivity contribution in [3.05, 3.63) is 29.6 Å². The van der Waals surface area contributed by atoms with Crippen molar-refractivity contribution in [1.29, 1.82) is 0 Å². The van der Waals surface area contributed by atoms with Gasteiger partial charge in [0.05, 0.1) is 0 Å². The molecular formula is C13H19FN2O2S2. The van der Waals surface area contributed by atoms with E-state index in [-0.39, 0.29) is 10.9 Å². The second kappa shape index (κ2) is 6.43. The molecular weight excluding hydrogens is 299 g/mol. The van der Waals surface area contributed by atoms with E-state index in [4.69, 9.17) is 0 Å². The van der Waals surface area contributed by atoms with Crippen molar-refractivity contribution in [2.24, 2.45) is 0 Å². The summed E-state index contributed by atoms with van der Waals surface area (Å²) < 4.78 is 40.6. The first-order valence-electron chi connectivity index (χ1n) is 6.49. The standard InChI is InChI=1S/C13H19FN2O2S2/c1-10-9-19-6-5-16(10)20(17,18)13-7-11(8-15-2)3-4-12(13)14/h3-4,7,10,15H,5-6,8-9H2,1-2H3. The average molecular weight is 318 g/mol. The van der Waals surface area contributed by atoms with Gasteiger partial charge in [-0.25, -0.2) is 12.8 Å². The van der Waals surface area contributed by atoms with E-state index in [0.29, 0.717) is 13.1 Å². The molecule has 112 valence electrons. The van der Waals surface area contributed by atoms with E-state index in [9.17, 15) is 12.8 Å². The molecule has 0 radical (unpaired) electrons. The Bertz CT molecular complexity index is 578. The number of nitrogens with one attached hydrogen (secondary N) is 1. The van der Waals surface area contributed by atoms with E-state index in [1.54, 1.807) is 24.9 Å². The first-order chi connectivity index (χ1) is 9.46. The van der Waals surface area contributed by atoms with Crippen LogP contribution in [0, 0.1) is 5.82 Å². The second-order valence-corrected chi connectivity index (χ2v) is 7.84. The van der Waals surface area contributed by atoms with E-state index in [1.165, 1.54) is 16.4 Å². The molecule has 1 aliphatic heterocycles. The predicted octanol–water partition coefficient (Wildman–Crippen LogP) is 1.67. The lowest BCUT2D eigenvalue weighted by molar-refractivity contribution is 0.365. The second-order valence-electron chi connectivity index (χ2n) is 4.83. The van der Waals surface area contributed by atoms with E-state index in [0.717, 1.165) is 17.1 Å². The maximum absolute atomic E-state index is 14.0. The summed E-state index contributed by atoms with van der Waals surface area (Å²) in [5, 5.41) is 2.94. The molecule has 0 spiro atoms. The van der Waals surface area contributed by atoms with E-state index in [1.807, 2.05) is 6.92 Å². The fourth-order valence-electron chi connectivity index (χ4n) is 2.25. The van der Waals surface area contributed by atoms with Gasteiger partial charge in [-0.15, -0.1) is 0 Å². The van der Waals surface area contributed by atoms with Gasteiger partial charge in [-0.1, -0.05) is 6.07 Å². The van der Waals surface area contributed by atoms with Crippen LogP contribution in [0.1, 0.15) is 12.5 Å². The lowest BCUT2D eigenvalue weighted by Gasteiger charge is -2.32. The van der Waals surface area contributed by atoms with Gasteiger partial charge in [-0.3, -0.25) is 0 Å². The Labute approximate surface area is 123 Å². The number of halogens is 1. The first kappa shape index (κ1) is 15.8. The summed E-state index contributed by atoms with van der Waals surface area (Å²) in [5.74, 6) is 0.814. The summed E-state index contributed by atoms with van der Waals surface area (Å²) in [6, 6.07) is 4.14. The summed E-state index contributed by atoms with van der Waals surface area (Å²) >= 11 is 1.72. The zero-order valence-corrected chi connectivity index (χ0v) is 13.2. The minimum absolute atomic E-state index is 0.105. The fraction of sp³-hybridized carbons (Fsp3) is 0.538. The Hall–Kier alpha value is -0.630. The number of benzene rings is 1. The quantitative estimate of drug-likeness (QED) is 0.917. The molecule has 1 atom stereocenters. The molecule has 0 saturated carbocycles. The zero-order chi connectivity index (χ0) is 14.8. The monoisotopic (exact) mass is 318 g/mol. The van der Waals surface area contributed by atoms with Gasteiger partial charge in [-0.05, 0) is 31.7 Å². The topological polar surface area (TPSA) is 49.4 Å².